The molecule has 0 saturated heterocycles. The van der Waals surface area contributed by atoms with Gasteiger partial charge in [-0.3, -0.25) is 9.89 Å². The quantitative estimate of drug-likeness (QED) is 0.830. The van der Waals surface area contributed by atoms with Crippen LogP contribution in [0.25, 0.3) is 0 Å². The summed E-state index contributed by atoms with van der Waals surface area (Å²) >= 11 is 3.40. The Hall–Kier alpha value is -1.62. The third-order valence-electron chi connectivity index (χ3n) is 3.14. The molecule has 1 saturated carbocycles. The Morgan fingerprint density at radius 2 is 2.09 bits per heavy atom. The van der Waals surface area contributed by atoms with Crippen LogP contribution in [0.15, 0.2) is 34.8 Å². The summed E-state index contributed by atoms with van der Waals surface area (Å²) in [6.45, 7) is 4.25. The number of nitrogens with zero attached hydrogens (tertiary/aromatic N) is 1. The lowest BCUT2D eigenvalue weighted by molar-refractivity contribution is -0.115. The van der Waals surface area contributed by atoms with Crippen LogP contribution >= 0.6 is 15.9 Å². The van der Waals surface area contributed by atoms with Crippen LogP contribution in [0.3, 0.4) is 0 Å². The van der Waals surface area contributed by atoms with E-state index in [4.69, 9.17) is 0 Å². The number of H-pyrrole nitrogens is 1. The molecule has 1 fully saturated rings. The molecule has 1 amide bonds. The van der Waals surface area contributed by atoms with Crippen molar-refractivity contribution < 1.29 is 4.79 Å². The lowest BCUT2D eigenvalue weighted by atomic mass is 10.1. The number of anilines is 1. The van der Waals surface area contributed by atoms with Crippen molar-refractivity contribution in [2.75, 3.05) is 5.32 Å². The number of rotatable bonds is 4. The van der Waals surface area contributed by atoms with Crippen LogP contribution in [-0.4, -0.2) is 16.1 Å². The zero-order valence-electron chi connectivity index (χ0n) is 13.0. The van der Waals surface area contributed by atoms with Gasteiger partial charge in [0.1, 0.15) is 0 Å². The molecule has 0 unspecified atom stereocenters. The van der Waals surface area contributed by atoms with Gasteiger partial charge in [0.2, 0.25) is 5.91 Å². The first kappa shape index (κ1) is 16.7. The van der Waals surface area contributed by atoms with E-state index in [1.807, 2.05) is 30.3 Å². The number of aromatic amines is 1. The maximum atomic E-state index is 11.9. The molecule has 0 radical (unpaired) electrons. The fourth-order valence-corrected chi connectivity index (χ4v) is 2.47. The van der Waals surface area contributed by atoms with Gasteiger partial charge in [0, 0.05) is 22.2 Å². The molecule has 2 N–H and O–H groups in total. The van der Waals surface area contributed by atoms with Gasteiger partial charge >= 0.3 is 0 Å². The van der Waals surface area contributed by atoms with E-state index in [9.17, 15) is 4.79 Å². The first-order valence-electron chi connectivity index (χ1n) is 7.72. The number of hydrogen-bond donors (Lipinski definition) is 2. The zero-order valence-corrected chi connectivity index (χ0v) is 14.6. The lowest BCUT2D eigenvalue weighted by Crippen LogP contribution is -2.14. The van der Waals surface area contributed by atoms with Crippen molar-refractivity contribution in [3.05, 3.63) is 46.1 Å². The predicted octanol–water partition coefficient (Wildman–Crippen LogP) is 4.65. The summed E-state index contributed by atoms with van der Waals surface area (Å²) in [5.74, 6) is 1.18. The minimum Gasteiger partial charge on any atom is -0.309 e. The maximum absolute atomic E-state index is 11.9. The van der Waals surface area contributed by atoms with Gasteiger partial charge in [-0.05, 0) is 30.5 Å². The van der Waals surface area contributed by atoms with Gasteiger partial charge in [-0.1, -0.05) is 48.3 Å². The molecule has 1 aliphatic carbocycles. The molecule has 0 bridgehead atoms. The lowest BCUT2D eigenvalue weighted by Gasteiger charge is -2.02. The Morgan fingerprint density at radius 1 is 1.36 bits per heavy atom. The van der Waals surface area contributed by atoms with Crippen LogP contribution in [0.5, 0.6) is 0 Å². The second-order valence-corrected chi connectivity index (χ2v) is 6.46. The SMILES string of the molecule is CCC.O=C(Cc1cccc(Br)c1)Nc1cc(C2CC2)[nH]n1. The molecule has 0 spiro atoms. The highest BCUT2D eigenvalue weighted by molar-refractivity contribution is 9.10. The Morgan fingerprint density at radius 3 is 2.73 bits per heavy atom. The Balaban J connectivity index is 0.000000545. The number of carbonyl (C=O) groups is 1. The number of aromatic nitrogens is 2. The predicted molar refractivity (Wildman–Crippen MR) is 93.0 cm³/mol. The second kappa shape index (κ2) is 8.13. The van der Waals surface area contributed by atoms with Gasteiger partial charge in [0.15, 0.2) is 5.82 Å². The Labute approximate surface area is 139 Å². The maximum Gasteiger partial charge on any atom is 0.229 e. The minimum absolute atomic E-state index is 0.0491. The van der Waals surface area contributed by atoms with Crippen LogP contribution in [0.2, 0.25) is 0 Å². The van der Waals surface area contributed by atoms with Crippen molar-refractivity contribution >= 4 is 27.7 Å². The van der Waals surface area contributed by atoms with E-state index in [1.54, 1.807) is 0 Å². The molecule has 1 heterocycles. The minimum atomic E-state index is -0.0491. The number of carbonyl (C=O) groups excluding carboxylic acids is 1. The van der Waals surface area contributed by atoms with E-state index in [0.29, 0.717) is 18.2 Å². The number of hydrogen-bond acceptors (Lipinski definition) is 2. The molecule has 1 aliphatic rings. The average molecular weight is 364 g/mol. The monoisotopic (exact) mass is 363 g/mol. The molecule has 1 aromatic carbocycles. The molecule has 118 valence electrons. The molecule has 0 aliphatic heterocycles. The fraction of sp³-hybridized carbons (Fsp3) is 0.412. The van der Waals surface area contributed by atoms with E-state index >= 15 is 0 Å². The van der Waals surface area contributed by atoms with Crippen LogP contribution in [0.1, 0.15) is 50.3 Å². The molecule has 3 rings (SSSR count). The van der Waals surface area contributed by atoms with E-state index in [-0.39, 0.29) is 5.91 Å². The zero-order chi connectivity index (χ0) is 15.9. The van der Waals surface area contributed by atoms with Crippen molar-refractivity contribution in [1.82, 2.24) is 10.2 Å². The van der Waals surface area contributed by atoms with E-state index in [1.165, 1.54) is 19.3 Å². The largest absolute Gasteiger partial charge is 0.309 e. The van der Waals surface area contributed by atoms with Gasteiger partial charge < -0.3 is 5.32 Å². The van der Waals surface area contributed by atoms with Crippen molar-refractivity contribution in [1.29, 1.82) is 0 Å². The Bertz CT molecular complexity index is 620. The average Bonchev–Trinajstić information content (AvgIpc) is 3.21. The Kier molecular flexibility index (Phi) is 6.19. The fourth-order valence-electron chi connectivity index (χ4n) is 2.02. The molecule has 0 atom stereocenters. The molecule has 5 heteroatoms. The topological polar surface area (TPSA) is 57.8 Å². The van der Waals surface area contributed by atoms with E-state index in [0.717, 1.165) is 15.7 Å². The number of halogens is 1. The summed E-state index contributed by atoms with van der Waals surface area (Å²) in [7, 11) is 0. The van der Waals surface area contributed by atoms with Gasteiger partial charge in [0.25, 0.3) is 0 Å². The number of amides is 1. The molecule has 1 aromatic heterocycles. The molecule has 4 nitrogen and oxygen atoms in total. The van der Waals surface area contributed by atoms with Crippen LogP contribution in [0.4, 0.5) is 5.82 Å². The molecular formula is C17H22BrN3O. The summed E-state index contributed by atoms with van der Waals surface area (Å²) in [5.41, 5.74) is 2.10. The third-order valence-corrected chi connectivity index (χ3v) is 3.63. The molecular weight excluding hydrogens is 342 g/mol. The van der Waals surface area contributed by atoms with Gasteiger partial charge in [-0.2, -0.15) is 5.10 Å². The highest BCUT2D eigenvalue weighted by Crippen LogP contribution is 2.39. The number of nitrogens with one attached hydrogen (secondary N) is 2. The van der Waals surface area contributed by atoms with Gasteiger partial charge in [-0.15, -0.1) is 0 Å². The smallest absolute Gasteiger partial charge is 0.229 e. The molecule has 22 heavy (non-hydrogen) atoms. The second-order valence-electron chi connectivity index (χ2n) is 5.54. The van der Waals surface area contributed by atoms with Crippen LogP contribution in [0, 0.1) is 0 Å². The summed E-state index contributed by atoms with van der Waals surface area (Å²) < 4.78 is 0.980. The van der Waals surface area contributed by atoms with Crippen LogP contribution in [-0.2, 0) is 11.2 Å². The highest BCUT2D eigenvalue weighted by Gasteiger charge is 2.25. The highest BCUT2D eigenvalue weighted by atomic mass is 79.9. The van der Waals surface area contributed by atoms with Crippen molar-refractivity contribution in [2.45, 2.75) is 45.4 Å². The molecule has 2 aromatic rings. The summed E-state index contributed by atoms with van der Waals surface area (Å²) in [6, 6.07) is 9.67. The van der Waals surface area contributed by atoms with E-state index in [2.05, 4.69) is 45.3 Å². The van der Waals surface area contributed by atoms with Gasteiger partial charge in [0.05, 0.1) is 6.42 Å². The van der Waals surface area contributed by atoms with E-state index < -0.39 is 0 Å². The third kappa shape index (κ3) is 5.30. The first-order chi connectivity index (χ1) is 10.6. The van der Waals surface area contributed by atoms with Gasteiger partial charge in [-0.25, -0.2) is 0 Å². The number of benzene rings is 1. The summed E-state index contributed by atoms with van der Waals surface area (Å²) in [6.07, 6.45) is 4.03. The van der Waals surface area contributed by atoms with Crippen molar-refractivity contribution in [3.63, 3.8) is 0 Å². The van der Waals surface area contributed by atoms with Crippen molar-refractivity contribution in [3.8, 4) is 0 Å². The summed E-state index contributed by atoms with van der Waals surface area (Å²) in [4.78, 5) is 11.9. The normalized spacial score (nSPS) is 13.2. The first-order valence-corrected chi connectivity index (χ1v) is 8.51. The summed E-state index contributed by atoms with van der Waals surface area (Å²) in [5, 5.41) is 9.90. The van der Waals surface area contributed by atoms with Crippen molar-refractivity contribution in [2.24, 2.45) is 0 Å². The van der Waals surface area contributed by atoms with Crippen LogP contribution < -0.4 is 5.32 Å². The standard InChI is InChI=1S/C14H14BrN3O.C3H8/c15-11-3-1-2-9(6-11)7-14(19)16-13-8-12(17-18-13)10-4-5-10;1-3-2/h1-3,6,8,10H,4-5,7H2,(H2,16,17,18,19);3H2,1-2H3.